The minimum Gasteiger partial charge on any atom is -0.395 e. The van der Waals surface area contributed by atoms with Crippen molar-refractivity contribution in [3.05, 3.63) is 0 Å². The Hall–Kier alpha value is -0.120. The maximum absolute atomic E-state index is 9.37. The van der Waals surface area contributed by atoms with Gasteiger partial charge in [-0.15, -0.1) is 0 Å². The summed E-state index contributed by atoms with van der Waals surface area (Å²) in [4.78, 5) is 2.41. The predicted octanol–water partition coefficient (Wildman–Crippen LogP) is 1.61. The molecule has 2 aliphatic carbocycles. The summed E-state index contributed by atoms with van der Waals surface area (Å²) in [6, 6.07) is 0.964. The largest absolute Gasteiger partial charge is 0.395 e. The fraction of sp³-hybridized carbons (Fsp3) is 1.00. The Kier molecular flexibility index (Phi) is 5.26. The molecule has 0 spiro atoms. The maximum Gasteiger partial charge on any atom is 0.0597 e. The van der Waals surface area contributed by atoms with Gasteiger partial charge in [-0.3, -0.25) is 0 Å². The van der Waals surface area contributed by atoms with Crippen LogP contribution in [0.4, 0.5) is 0 Å². The Morgan fingerprint density at radius 2 is 1.88 bits per heavy atom. The van der Waals surface area contributed by atoms with Crippen LogP contribution in [0.5, 0.6) is 0 Å². The van der Waals surface area contributed by atoms with Crippen LogP contribution in [-0.4, -0.2) is 48.8 Å². The molecular weight excluding hydrogens is 212 g/mol. The van der Waals surface area contributed by atoms with Crippen LogP contribution in [0.15, 0.2) is 0 Å². The van der Waals surface area contributed by atoms with E-state index in [0.29, 0.717) is 6.04 Å². The van der Waals surface area contributed by atoms with Gasteiger partial charge in [0, 0.05) is 25.2 Å². The second-order valence-corrected chi connectivity index (χ2v) is 6.05. The van der Waals surface area contributed by atoms with Crippen LogP contribution in [-0.2, 0) is 0 Å². The Bertz CT molecular complexity index is 212. The van der Waals surface area contributed by atoms with Crippen LogP contribution in [0.1, 0.15) is 44.9 Å². The Morgan fingerprint density at radius 3 is 2.47 bits per heavy atom. The van der Waals surface area contributed by atoms with Gasteiger partial charge in [0.2, 0.25) is 0 Å². The van der Waals surface area contributed by atoms with Gasteiger partial charge in [-0.25, -0.2) is 0 Å². The highest BCUT2D eigenvalue weighted by Gasteiger charge is 2.25. The Labute approximate surface area is 106 Å². The van der Waals surface area contributed by atoms with Gasteiger partial charge in [0.15, 0.2) is 0 Å². The van der Waals surface area contributed by atoms with Crippen LogP contribution in [0.3, 0.4) is 0 Å². The Morgan fingerprint density at radius 1 is 1.18 bits per heavy atom. The summed E-state index contributed by atoms with van der Waals surface area (Å²) >= 11 is 0. The molecular formula is C14H28N2O. The number of aliphatic hydroxyl groups is 1. The molecule has 0 bridgehead atoms. The third kappa shape index (κ3) is 4.94. The van der Waals surface area contributed by atoms with E-state index in [0.717, 1.165) is 12.5 Å². The molecule has 3 nitrogen and oxygen atoms in total. The van der Waals surface area contributed by atoms with E-state index in [9.17, 15) is 5.11 Å². The van der Waals surface area contributed by atoms with Gasteiger partial charge in [-0.1, -0.05) is 19.3 Å². The van der Waals surface area contributed by atoms with Crippen molar-refractivity contribution in [3.63, 3.8) is 0 Å². The lowest BCUT2D eigenvalue weighted by molar-refractivity contribution is 0.173. The number of rotatable bonds is 7. The first kappa shape index (κ1) is 13.3. The molecule has 0 heterocycles. The highest BCUT2D eigenvalue weighted by Crippen LogP contribution is 2.24. The summed E-state index contributed by atoms with van der Waals surface area (Å²) in [5.74, 6) is 0.897. The molecule has 0 aromatic rings. The van der Waals surface area contributed by atoms with E-state index in [4.69, 9.17) is 0 Å². The number of nitrogens with one attached hydrogen (secondary N) is 1. The topological polar surface area (TPSA) is 35.5 Å². The molecule has 2 saturated carbocycles. The number of nitrogens with zero attached hydrogens (tertiary/aromatic N) is 1. The molecule has 3 heteroatoms. The molecule has 1 atom stereocenters. The lowest BCUT2D eigenvalue weighted by Gasteiger charge is -2.29. The number of aliphatic hydroxyl groups excluding tert-OH is 1. The van der Waals surface area contributed by atoms with Crippen LogP contribution in [0.25, 0.3) is 0 Å². The van der Waals surface area contributed by atoms with Gasteiger partial charge in [-0.2, -0.15) is 0 Å². The minimum absolute atomic E-state index is 0.269. The van der Waals surface area contributed by atoms with Crippen molar-refractivity contribution in [1.29, 1.82) is 0 Å². The number of likely N-dealkylation sites (N-methyl/N-ethyl adjacent to an activating group) is 1. The third-order valence-electron chi connectivity index (χ3n) is 4.10. The SMILES string of the molecule is CN(CC1CCCCC1)CC(CO)NC1CC1. The highest BCUT2D eigenvalue weighted by atomic mass is 16.3. The van der Waals surface area contributed by atoms with E-state index in [1.54, 1.807) is 0 Å². The fourth-order valence-electron chi connectivity index (χ4n) is 3.01. The summed E-state index contributed by atoms with van der Waals surface area (Å²) in [7, 11) is 2.20. The van der Waals surface area contributed by atoms with E-state index in [2.05, 4.69) is 17.3 Å². The number of hydrogen-bond donors (Lipinski definition) is 2. The van der Waals surface area contributed by atoms with E-state index in [1.165, 1.54) is 51.5 Å². The molecule has 17 heavy (non-hydrogen) atoms. The van der Waals surface area contributed by atoms with E-state index in [-0.39, 0.29) is 12.6 Å². The van der Waals surface area contributed by atoms with E-state index in [1.807, 2.05) is 0 Å². The maximum atomic E-state index is 9.37. The van der Waals surface area contributed by atoms with Crippen molar-refractivity contribution < 1.29 is 5.11 Å². The summed E-state index contributed by atoms with van der Waals surface area (Å²) in [5.41, 5.74) is 0. The lowest BCUT2D eigenvalue weighted by atomic mass is 9.89. The first-order valence-corrected chi connectivity index (χ1v) is 7.33. The molecule has 2 fully saturated rings. The summed E-state index contributed by atoms with van der Waals surface area (Å²) in [5, 5.41) is 12.9. The summed E-state index contributed by atoms with van der Waals surface area (Å²) < 4.78 is 0. The molecule has 2 rings (SSSR count). The predicted molar refractivity (Wildman–Crippen MR) is 71.1 cm³/mol. The fourth-order valence-corrected chi connectivity index (χ4v) is 3.01. The van der Waals surface area contributed by atoms with Gasteiger partial charge < -0.3 is 15.3 Å². The normalized spacial score (nSPS) is 24.2. The quantitative estimate of drug-likeness (QED) is 0.710. The molecule has 1 unspecified atom stereocenters. The second kappa shape index (κ2) is 6.72. The minimum atomic E-state index is 0.269. The van der Waals surface area contributed by atoms with Crippen molar-refractivity contribution >= 4 is 0 Å². The lowest BCUT2D eigenvalue weighted by Crippen LogP contribution is -2.44. The first-order chi connectivity index (χ1) is 8.28. The van der Waals surface area contributed by atoms with E-state index >= 15 is 0 Å². The molecule has 0 saturated heterocycles. The first-order valence-electron chi connectivity index (χ1n) is 7.33. The van der Waals surface area contributed by atoms with Gasteiger partial charge in [0.25, 0.3) is 0 Å². The number of hydrogen-bond acceptors (Lipinski definition) is 3. The smallest absolute Gasteiger partial charge is 0.0597 e. The van der Waals surface area contributed by atoms with Crippen molar-refractivity contribution in [2.24, 2.45) is 5.92 Å². The highest BCUT2D eigenvalue weighted by molar-refractivity contribution is 4.85. The van der Waals surface area contributed by atoms with Gasteiger partial charge in [0.1, 0.15) is 0 Å². The molecule has 0 aromatic heterocycles. The molecule has 0 radical (unpaired) electrons. The zero-order valence-corrected chi connectivity index (χ0v) is 11.2. The zero-order chi connectivity index (χ0) is 12.1. The van der Waals surface area contributed by atoms with Gasteiger partial charge in [-0.05, 0) is 38.6 Å². The average molecular weight is 240 g/mol. The van der Waals surface area contributed by atoms with E-state index < -0.39 is 0 Å². The second-order valence-electron chi connectivity index (χ2n) is 6.05. The molecule has 100 valence electrons. The average Bonchev–Trinajstić information content (AvgIpc) is 3.13. The summed E-state index contributed by atoms with van der Waals surface area (Å²) in [6.07, 6.45) is 9.67. The van der Waals surface area contributed by atoms with Crippen LogP contribution in [0, 0.1) is 5.92 Å². The molecule has 0 aromatic carbocycles. The van der Waals surface area contributed by atoms with Crippen molar-refractivity contribution in [1.82, 2.24) is 10.2 Å². The molecule has 2 N–H and O–H groups in total. The standard InChI is InChI=1S/C14H28N2O/c1-16(9-12-5-3-2-4-6-12)10-14(11-17)15-13-7-8-13/h12-15,17H,2-11H2,1H3. The molecule has 2 aliphatic rings. The van der Waals surface area contributed by atoms with Crippen molar-refractivity contribution in [2.45, 2.75) is 57.0 Å². The van der Waals surface area contributed by atoms with Crippen molar-refractivity contribution in [3.8, 4) is 0 Å². The molecule has 0 amide bonds. The van der Waals surface area contributed by atoms with Crippen molar-refractivity contribution in [2.75, 3.05) is 26.7 Å². The third-order valence-corrected chi connectivity index (χ3v) is 4.10. The van der Waals surface area contributed by atoms with Crippen LogP contribution >= 0.6 is 0 Å². The zero-order valence-electron chi connectivity index (χ0n) is 11.2. The van der Waals surface area contributed by atoms with Crippen LogP contribution < -0.4 is 5.32 Å². The van der Waals surface area contributed by atoms with Gasteiger partial charge >= 0.3 is 0 Å². The monoisotopic (exact) mass is 240 g/mol. The Balaban J connectivity index is 1.64. The van der Waals surface area contributed by atoms with Gasteiger partial charge in [0.05, 0.1) is 6.61 Å². The summed E-state index contributed by atoms with van der Waals surface area (Å²) in [6.45, 7) is 2.47. The molecule has 0 aliphatic heterocycles. The van der Waals surface area contributed by atoms with Crippen LogP contribution in [0.2, 0.25) is 0 Å².